The Balaban J connectivity index is 2.19. The van der Waals surface area contributed by atoms with Crippen molar-refractivity contribution in [3.05, 3.63) is 132 Å². The third kappa shape index (κ3) is 5.07. The second kappa shape index (κ2) is 10.5. The molecule has 0 atom stereocenters. The first-order valence-corrected chi connectivity index (χ1v) is 13.1. The summed E-state index contributed by atoms with van der Waals surface area (Å²) in [6.45, 7) is 0. The number of allylic oxidation sites excluding steroid dienone is 1. The monoisotopic (exact) mass is 548 g/mol. The molecule has 0 aliphatic carbocycles. The molecule has 0 aliphatic rings. The Morgan fingerprint density at radius 1 is 0.622 bits per heavy atom. The smallest absolute Gasteiger partial charge is 0.457 e. The van der Waals surface area contributed by atoms with E-state index in [-0.39, 0.29) is 10.8 Å². The average molecular weight is 549 g/mol. The summed E-state index contributed by atoms with van der Waals surface area (Å²) in [5.41, 5.74) is -0.999. The SMILES string of the molecule is [O-]/C(=C(/Oc1ccc(Cl)cc1)[P+](c1ccccc1)(c1ccccc1)c1ccccc1)C(F)(F)C(F)(F)F. The fraction of sp³-hybridized carbons (Fsp3) is 0.0714. The van der Waals surface area contributed by atoms with Crippen LogP contribution in [0.4, 0.5) is 22.0 Å². The van der Waals surface area contributed by atoms with Gasteiger partial charge in [0.05, 0.1) is 0 Å². The summed E-state index contributed by atoms with van der Waals surface area (Å²) in [5, 5.41) is 14.8. The number of hydrogen-bond acceptors (Lipinski definition) is 2. The van der Waals surface area contributed by atoms with Gasteiger partial charge in [0, 0.05) is 10.8 Å². The number of benzene rings is 4. The first kappa shape index (κ1) is 26.6. The lowest BCUT2D eigenvalue weighted by molar-refractivity contribution is -0.385. The molecule has 2 nitrogen and oxygen atoms in total. The van der Waals surface area contributed by atoms with Gasteiger partial charge < -0.3 is 9.84 Å². The fourth-order valence-corrected chi connectivity index (χ4v) is 8.17. The van der Waals surface area contributed by atoms with Gasteiger partial charge in [-0.1, -0.05) is 66.2 Å². The van der Waals surface area contributed by atoms with Crippen molar-refractivity contribution in [2.75, 3.05) is 0 Å². The predicted octanol–water partition coefficient (Wildman–Crippen LogP) is 6.44. The van der Waals surface area contributed by atoms with Gasteiger partial charge in [-0.15, -0.1) is 0 Å². The molecule has 0 N–H and O–H groups in total. The Hall–Kier alpha value is -3.41. The van der Waals surface area contributed by atoms with Crippen molar-refractivity contribution >= 4 is 34.8 Å². The molecule has 0 spiro atoms. The Bertz CT molecular complexity index is 1260. The molecular weight excluding hydrogens is 530 g/mol. The molecule has 4 aromatic carbocycles. The van der Waals surface area contributed by atoms with E-state index in [0.29, 0.717) is 15.9 Å². The maximum Gasteiger partial charge on any atom is 0.457 e. The minimum Gasteiger partial charge on any atom is -0.866 e. The van der Waals surface area contributed by atoms with E-state index in [2.05, 4.69) is 0 Å². The lowest BCUT2D eigenvalue weighted by atomic mass is 10.3. The number of hydrogen-bond donors (Lipinski definition) is 0. The Labute approximate surface area is 215 Å². The van der Waals surface area contributed by atoms with Gasteiger partial charge >= 0.3 is 12.1 Å². The Kier molecular flexibility index (Phi) is 7.58. The van der Waals surface area contributed by atoms with E-state index in [1.807, 2.05) is 0 Å². The molecular formula is C28H19ClF5O2P. The molecule has 0 unspecified atom stereocenters. The van der Waals surface area contributed by atoms with E-state index in [4.69, 9.17) is 16.3 Å². The van der Waals surface area contributed by atoms with Gasteiger partial charge in [-0.25, -0.2) is 0 Å². The molecule has 4 aromatic rings. The van der Waals surface area contributed by atoms with E-state index < -0.39 is 30.6 Å². The van der Waals surface area contributed by atoms with Gasteiger partial charge in [0.1, 0.15) is 21.7 Å². The van der Waals surface area contributed by atoms with Gasteiger partial charge in [-0.2, -0.15) is 22.0 Å². The summed E-state index contributed by atoms with van der Waals surface area (Å²) in [6, 6.07) is 29.7. The number of alkyl halides is 5. The van der Waals surface area contributed by atoms with Crippen LogP contribution in [0.5, 0.6) is 5.75 Å². The van der Waals surface area contributed by atoms with Crippen LogP contribution in [0.2, 0.25) is 5.02 Å². The van der Waals surface area contributed by atoms with Gasteiger partial charge in [0.2, 0.25) is 0 Å². The number of rotatable bonds is 7. The van der Waals surface area contributed by atoms with Crippen molar-refractivity contribution in [3.8, 4) is 5.75 Å². The fourth-order valence-electron chi connectivity index (χ4n) is 3.90. The summed E-state index contributed by atoms with van der Waals surface area (Å²) in [5.74, 6) is -8.28. The van der Waals surface area contributed by atoms with Crippen LogP contribution in [0.25, 0.3) is 0 Å². The zero-order valence-corrected chi connectivity index (χ0v) is 20.7. The van der Waals surface area contributed by atoms with Gasteiger partial charge in [-0.3, -0.25) is 0 Å². The van der Waals surface area contributed by atoms with Crippen LogP contribution < -0.4 is 25.8 Å². The highest BCUT2D eigenvalue weighted by Crippen LogP contribution is 2.64. The Morgan fingerprint density at radius 2 is 1.00 bits per heavy atom. The van der Waals surface area contributed by atoms with Crippen LogP contribution in [-0.2, 0) is 0 Å². The van der Waals surface area contributed by atoms with E-state index in [0.717, 1.165) is 0 Å². The first-order valence-electron chi connectivity index (χ1n) is 10.9. The van der Waals surface area contributed by atoms with Gasteiger partial charge in [0.15, 0.2) is 7.26 Å². The van der Waals surface area contributed by atoms with E-state index in [9.17, 15) is 27.1 Å². The quantitative estimate of drug-likeness (QED) is 0.151. The van der Waals surface area contributed by atoms with Crippen molar-refractivity contribution in [1.82, 2.24) is 0 Å². The lowest BCUT2D eigenvalue weighted by Crippen LogP contribution is -2.46. The number of ether oxygens (including phenoxy) is 1. The summed E-state index contributed by atoms with van der Waals surface area (Å²) in [4.78, 5) is 0. The molecule has 4 rings (SSSR count). The van der Waals surface area contributed by atoms with Crippen molar-refractivity contribution < 1.29 is 31.8 Å². The maximum absolute atomic E-state index is 14.8. The predicted molar refractivity (Wildman–Crippen MR) is 135 cm³/mol. The topological polar surface area (TPSA) is 32.3 Å². The molecule has 190 valence electrons. The normalized spacial score (nSPS) is 13.1. The van der Waals surface area contributed by atoms with Crippen LogP contribution in [0, 0.1) is 0 Å². The largest absolute Gasteiger partial charge is 0.866 e. The molecule has 0 aromatic heterocycles. The van der Waals surface area contributed by atoms with Crippen molar-refractivity contribution in [2.45, 2.75) is 12.1 Å². The van der Waals surface area contributed by atoms with E-state index in [1.54, 1.807) is 91.0 Å². The van der Waals surface area contributed by atoms with Crippen molar-refractivity contribution in [2.24, 2.45) is 0 Å². The minimum absolute atomic E-state index is 0.113. The van der Waals surface area contributed by atoms with Crippen LogP contribution in [0.1, 0.15) is 0 Å². The van der Waals surface area contributed by atoms with Gasteiger partial charge in [-0.05, 0) is 60.7 Å². The summed E-state index contributed by atoms with van der Waals surface area (Å²) < 4.78 is 76.3. The van der Waals surface area contributed by atoms with E-state index >= 15 is 0 Å². The van der Waals surface area contributed by atoms with Gasteiger partial charge in [0.25, 0.3) is 5.50 Å². The third-order valence-corrected chi connectivity index (χ3v) is 9.97. The second-order valence-electron chi connectivity index (χ2n) is 7.94. The molecule has 0 saturated carbocycles. The van der Waals surface area contributed by atoms with Crippen LogP contribution in [0.3, 0.4) is 0 Å². The summed E-state index contributed by atoms with van der Waals surface area (Å²) in [6.07, 6.45) is -6.14. The first-order chi connectivity index (χ1) is 17.6. The number of halogens is 6. The van der Waals surface area contributed by atoms with Crippen LogP contribution >= 0.6 is 18.9 Å². The molecule has 37 heavy (non-hydrogen) atoms. The highest BCUT2D eigenvalue weighted by Gasteiger charge is 2.62. The van der Waals surface area contributed by atoms with E-state index in [1.165, 1.54) is 24.3 Å². The zero-order valence-electron chi connectivity index (χ0n) is 19.0. The highest BCUT2D eigenvalue weighted by molar-refractivity contribution is 7.98. The zero-order chi connectivity index (χ0) is 26.7. The minimum atomic E-state index is -6.14. The molecule has 0 bridgehead atoms. The molecule has 0 fully saturated rings. The van der Waals surface area contributed by atoms with Crippen LogP contribution in [0.15, 0.2) is 127 Å². The lowest BCUT2D eigenvalue weighted by Gasteiger charge is -2.34. The maximum atomic E-state index is 14.8. The molecule has 0 radical (unpaired) electrons. The van der Waals surface area contributed by atoms with Crippen molar-refractivity contribution in [1.29, 1.82) is 0 Å². The summed E-state index contributed by atoms with van der Waals surface area (Å²) in [7, 11) is -3.73. The molecule has 0 amide bonds. The molecule has 0 saturated heterocycles. The third-order valence-electron chi connectivity index (χ3n) is 5.60. The second-order valence-corrected chi connectivity index (χ2v) is 11.7. The molecule has 0 aliphatic heterocycles. The highest BCUT2D eigenvalue weighted by atomic mass is 35.5. The molecule has 0 heterocycles. The van der Waals surface area contributed by atoms with Crippen molar-refractivity contribution in [3.63, 3.8) is 0 Å². The molecule has 9 heteroatoms. The van der Waals surface area contributed by atoms with Crippen LogP contribution in [-0.4, -0.2) is 12.1 Å². The Morgan fingerprint density at radius 3 is 1.35 bits per heavy atom. The summed E-state index contributed by atoms with van der Waals surface area (Å²) >= 11 is 5.93. The standard InChI is InChI=1S/C28H19ClF5O2P/c29-20-16-18-21(19-17-20)36-26(25(35)27(30,31)28(32,33)34)37(22-10-4-1-5-11-22,23-12-6-2-7-13-23)24-14-8-3-9-15-24/h1-19H/b26-25-. The average Bonchev–Trinajstić information content (AvgIpc) is 2.90.